The van der Waals surface area contributed by atoms with Gasteiger partial charge in [0.2, 0.25) is 0 Å². The minimum atomic E-state index is 0. The molecule has 0 bridgehead atoms. The first kappa shape index (κ1) is 8.56. The van der Waals surface area contributed by atoms with Gasteiger partial charge in [0, 0.05) is 0 Å². The fraction of sp³-hybridized carbons (Fsp3) is 1.00. The van der Waals surface area contributed by atoms with Crippen molar-refractivity contribution in [1.29, 1.82) is 0 Å². The Morgan fingerprint density at radius 1 is 0.750 bits per heavy atom. The Morgan fingerprint density at radius 2 is 1.25 bits per heavy atom. The van der Waals surface area contributed by atoms with Crippen molar-refractivity contribution in [1.82, 2.24) is 0 Å². The number of nitrogens with zero attached hydrogens (tertiary/aromatic N) is 1. The number of hydrogen-bond donors (Lipinski definition) is 0. The maximum atomic E-state index is 4.27. The van der Waals surface area contributed by atoms with Crippen LogP contribution in [0.1, 0.15) is 25.7 Å². The molecule has 0 unspecified atom stereocenters. The monoisotopic (exact) mass is 105 g/mol. The predicted octanol–water partition coefficient (Wildman–Crippen LogP) is -1.06. The average Bonchev–Trinajstić information content (AvgIpc) is 1.90. The summed E-state index contributed by atoms with van der Waals surface area (Å²) in [7, 11) is 0. The van der Waals surface area contributed by atoms with Crippen LogP contribution in [0.2, 0.25) is 0 Å². The molecule has 0 aromatic rings. The molecule has 42 valence electrons. The van der Waals surface area contributed by atoms with Crippen molar-refractivity contribution in [2.75, 3.05) is 13.1 Å². The van der Waals surface area contributed by atoms with Crippen molar-refractivity contribution in [2.24, 2.45) is 0 Å². The average molecular weight is 105 g/mol. The third-order valence-electron chi connectivity index (χ3n) is 1.38. The van der Waals surface area contributed by atoms with Crippen molar-refractivity contribution < 1.29 is 18.9 Å². The maximum absolute atomic E-state index is 4.27. The summed E-state index contributed by atoms with van der Waals surface area (Å²) in [6, 6.07) is 0. The molecular formula is C6H12LiN. The van der Waals surface area contributed by atoms with Gasteiger partial charge in [0.15, 0.2) is 0 Å². The van der Waals surface area contributed by atoms with E-state index in [0.717, 1.165) is 13.1 Å². The first-order chi connectivity index (χ1) is 3.50. The fourth-order valence-electron chi connectivity index (χ4n) is 0.913. The van der Waals surface area contributed by atoms with E-state index in [1.54, 1.807) is 0 Å². The van der Waals surface area contributed by atoms with Gasteiger partial charge in [-0.2, -0.15) is 0 Å². The maximum Gasteiger partial charge on any atom is 1.00 e. The predicted molar refractivity (Wildman–Crippen MR) is 31.6 cm³/mol. The summed E-state index contributed by atoms with van der Waals surface area (Å²) in [5, 5.41) is 4.27. The summed E-state index contributed by atoms with van der Waals surface area (Å²) in [5.74, 6) is 0. The SMILES string of the molecule is C1CCC[N-]CC1.[Li+]. The Hall–Kier alpha value is 0.557. The van der Waals surface area contributed by atoms with Crippen molar-refractivity contribution in [3.05, 3.63) is 5.32 Å². The zero-order valence-corrected chi connectivity index (χ0v) is 5.69. The van der Waals surface area contributed by atoms with Gasteiger partial charge in [0.1, 0.15) is 0 Å². The number of hydrogen-bond acceptors (Lipinski definition) is 0. The molecule has 1 rings (SSSR count). The zero-order chi connectivity index (χ0) is 4.95. The van der Waals surface area contributed by atoms with Gasteiger partial charge >= 0.3 is 18.9 Å². The number of rotatable bonds is 0. The Kier molecular flexibility index (Phi) is 6.09. The van der Waals surface area contributed by atoms with Gasteiger partial charge in [-0.3, -0.25) is 0 Å². The van der Waals surface area contributed by atoms with Crippen molar-refractivity contribution in [3.8, 4) is 0 Å². The van der Waals surface area contributed by atoms with Crippen molar-refractivity contribution in [3.63, 3.8) is 0 Å². The molecule has 0 aliphatic carbocycles. The second-order valence-electron chi connectivity index (χ2n) is 2.09. The summed E-state index contributed by atoms with van der Waals surface area (Å²) in [6.45, 7) is 2.25. The Bertz CT molecular complexity index is 28.1. The minimum absolute atomic E-state index is 0. The molecule has 1 fully saturated rings. The van der Waals surface area contributed by atoms with E-state index in [2.05, 4.69) is 5.32 Å². The summed E-state index contributed by atoms with van der Waals surface area (Å²) in [4.78, 5) is 0. The summed E-state index contributed by atoms with van der Waals surface area (Å²) < 4.78 is 0. The van der Waals surface area contributed by atoms with Gasteiger partial charge in [-0.1, -0.05) is 25.7 Å². The van der Waals surface area contributed by atoms with Gasteiger partial charge in [-0.25, -0.2) is 0 Å². The molecule has 1 saturated heterocycles. The van der Waals surface area contributed by atoms with Crippen LogP contribution >= 0.6 is 0 Å². The Balaban J connectivity index is 0.000000490. The second kappa shape index (κ2) is 5.69. The van der Waals surface area contributed by atoms with Crippen LogP contribution in [0.4, 0.5) is 0 Å². The van der Waals surface area contributed by atoms with E-state index < -0.39 is 0 Å². The molecule has 1 aliphatic heterocycles. The van der Waals surface area contributed by atoms with Crippen LogP contribution in [-0.2, 0) is 0 Å². The van der Waals surface area contributed by atoms with E-state index >= 15 is 0 Å². The molecule has 0 radical (unpaired) electrons. The molecule has 1 nitrogen and oxygen atoms in total. The van der Waals surface area contributed by atoms with Crippen LogP contribution in [0.3, 0.4) is 0 Å². The van der Waals surface area contributed by atoms with Gasteiger partial charge in [0.25, 0.3) is 0 Å². The molecule has 0 aromatic carbocycles. The van der Waals surface area contributed by atoms with Gasteiger partial charge in [0.05, 0.1) is 0 Å². The van der Waals surface area contributed by atoms with Crippen LogP contribution in [0.5, 0.6) is 0 Å². The summed E-state index contributed by atoms with van der Waals surface area (Å²) >= 11 is 0. The summed E-state index contributed by atoms with van der Waals surface area (Å²) in [6.07, 6.45) is 5.48. The second-order valence-corrected chi connectivity index (χ2v) is 2.09. The van der Waals surface area contributed by atoms with E-state index in [0.29, 0.717) is 0 Å². The van der Waals surface area contributed by atoms with Crippen LogP contribution in [0.25, 0.3) is 5.32 Å². The first-order valence-electron chi connectivity index (χ1n) is 3.13. The molecule has 0 N–H and O–H groups in total. The van der Waals surface area contributed by atoms with E-state index in [1.807, 2.05) is 0 Å². The summed E-state index contributed by atoms with van der Waals surface area (Å²) in [5.41, 5.74) is 0. The van der Waals surface area contributed by atoms with E-state index in [1.165, 1.54) is 25.7 Å². The molecule has 1 aliphatic rings. The standard InChI is InChI=1S/C6H12N.Li/c1-2-4-6-7-5-3-1;/h1-6H2;/q-1;+1. The zero-order valence-electron chi connectivity index (χ0n) is 5.69. The van der Waals surface area contributed by atoms with Gasteiger partial charge in [-0.15, -0.1) is 13.1 Å². The normalized spacial score (nSPS) is 21.0. The third-order valence-corrected chi connectivity index (χ3v) is 1.38. The van der Waals surface area contributed by atoms with Crippen molar-refractivity contribution in [2.45, 2.75) is 25.7 Å². The third kappa shape index (κ3) is 3.55. The molecule has 0 spiro atoms. The Labute approximate surface area is 63.4 Å². The first-order valence-corrected chi connectivity index (χ1v) is 3.13. The quantitative estimate of drug-likeness (QED) is 0.349. The smallest absolute Gasteiger partial charge is 0.662 e. The molecule has 0 aromatic heterocycles. The topological polar surface area (TPSA) is 14.1 Å². The molecule has 0 atom stereocenters. The molecule has 2 heteroatoms. The van der Waals surface area contributed by atoms with E-state index in [4.69, 9.17) is 0 Å². The van der Waals surface area contributed by atoms with E-state index in [-0.39, 0.29) is 18.9 Å². The molecule has 1 heterocycles. The van der Waals surface area contributed by atoms with Crippen LogP contribution in [0, 0.1) is 0 Å². The van der Waals surface area contributed by atoms with E-state index in [9.17, 15) is 0 Å². The van der Waals surface area contributed by atoms with Crippen LogP contribution < -0.4 is 18.9 Å². The van der Waals surface area contributed by atoms with Crippen LogP contribution in [0.15, 0.2) is 0 Å². The van der Waals surface area contributed by atoms with Crippen molar-refractivity contribution >= 4 is 0 Å². The molecule has 8 heavy (non-hydrogen) atoms. The Morgan fingerprint density at radius 3 is 1.75 bits per heavy atom. The van der Waals surface area contributed by atoms with Gasteiger partial charge in [-0.05, 0) is 0 Å². The molecule has 0 saturated carbocycles. The fourth-order valence-corrected chi connectivity index (χ4v) is 0.913. The van der Waals surface area contributed by atoms with Gasteiger partial charge < -0.3 is 5.32 Å². The molecule has 0 amide bonds. The largest absolute Gasteiger partial charge is 1.00 e. The van der Waals surface area contributed by atoms with Crippen LogP contribution in [-0.4, -0.2) is 13.1 Å². The molecular weight excluding hydrogens is 93.0 g/mol. The minimum Gasteiger partial charge on any atom is -0.662 e.